The summed E-state index contributed by atoms with van der Waals surface area (Å²) in [7, 11) is 0. The Morgan fingerprint density at radius 3 is 1.17 bits per heavy atom. The first-order valence-corrected chi connectivity index (χ1v) is 44.4. The molecule has 21 aromatic rings. The number of para-hydroxylation sites is 6. The van der Waals surface area contributed by atoms with Crippen molar-refractivity contribution < 1.29 is 27.4 Å². The summed E-state index contributed by atoms with van der Waals surface area (Å²) >= 11 is 0. The second kappa shape index (κ2) is 40.9. The Morgan fingerprint density at radius 1 is 0.388 bits per heavy atom. The van der Waals surface area contributed by atoms with Gasteiger partial charge in [0.1, 0.15) is 18.1 Å². The number of hydrogen-bond donors (Lipinski definition) is 11. The Hall–Kier alpha value is -16.8. The summed E-state index contributed by atoms with van der Waals surface area (Å²) < 4.78 is 49.6. The predicted octanol–water partition coefficient (Wildman–Crippen LogP) is 29.3. The van der Waals surface area contributed by atoms with Gasteiger partial charge in [-0.2, -0.15) is 13.2 Å². The molecule has 1 aliphatic heterocycles. The number of ether oxygens (including phenoxy) is 2. The highest BCUT2D eigenvalue weighted by molar-refractivity contribution is 6.09. The van der Waals surface area contributed by atoms with Gasteiger partial charge in [-0.25, -0.2) is 0 Å². The summed E-state index contributed by atoms with van der Waals surface area (Å²) in [6, 6.07) is 131. The number of nitrogen functional groups attached to an aromatic ring is 6. The lowest BCUT2D eigenvalue weighted by molar-refractivity contribution is -0.137. The molecule has 0 spiro atoms. The highest BCUT2D eigenvalue weighted by Gasteiger charge is 2.33. The lowest BCUT2D eigenvalue weighted by Gasteiger charge is -2.29. The average Bonchev–Trinajstić information content (AvgIpc) is 1.11. The SMILES string of the molecule is CC(=O)Nc1ccc(C(C)c2ccc(COC=N)cc2)cc1.CC(c1ccc2cc(N)ccc2c1)c1ccc2cc(N)ccc2c1.Cc1ccc(N)c(C(C)c2cc(C(F)(F)F)ccc2N)c1.Nc1ccc2c(c1)Oc1cc(N)ccc1C2c1ccc(-c2ccccc2)cc1.c1ccc2c(c1)[nH]c1ccccc12.c1ccc2c(c1)[nH]c1ccccc12.c1ccc2c(c1)[nH]c1ccccc12. The smallest absolute Gasteiger partial charge is 0.416 e. The van der Waals surface area contributed by atoms with Crippen LogP contribution in [0.25, 0.3) is 98.1 Å². The fraction of sp³-hybridized carbons (Fsp3) is 0.0940. The number of aromatic nitrogens is 3. The van der Waals surface area contributed by atoms with Crippen molar-refractivity contribution in [1.29, 1.82) is 5.41 Å². The van der Waals surface area contributed by atoms with Crippen molar-refractivity contribution >= 4 is 139 Å². The average molecular weight is 1770 g/mol. The summed E-state index contributed by atoms with van der Waals surface area (Å²) in [5.41, 5.74) is 60.9. The normalized spacial score (nSPS) is 11.9. The number of aryl methyl sites for hydroxylation is 1. The van der Waals surface area contributed by atoms with E-state index in [0.29, 0.717) is 40.8 Å². The summed E-state index contributed by atoms with van der Waals surface area (Å²) in [5.74, 6) is 1.86. The molecule has 0 aliphatic carbocycles. The molecule has 0 bridgehead atoms. The molecule has 666 valence electrons. The second-order valence-electron chi connectivity index (χ2n) is 33.6. The zero-order valence-corrected chi connectivity index (χ0v) is 74.9. The topological polar surface area (TPSA) is 275 Å². The van der Waals surface area contributed by atoms with Gasteiger partial charge in [0.25, 0.3) is 0 Å². The number of rotatable bonds is 12. The van der Waals surface area contributed by atoms with Gasteiger partial charge < -0.3 is 64.1 Å². The lowest BCUT2D eigenvalue weighted by Crippen LogP contribution is -2.12. The number of nitrogens with two attached hydrogens (primary N) is 6. The Bertz CT molecular complexity index is 7180. The first-order chi connectivity index (χ1) is 64.9. The fourth-order valence-electron chi connectivity index (χ4n) is 17.2. The molecule has 2 unspecified atom stereocenters. The number of H-pyrrole nitrogens is 3. The Labute approximate surface area is 776 Å². The fourth-order valence-corrected chi connectivity index (χ4v) is 17.2. The number of nitrogens with one attached hydrogen (secondary N) is 5. The van der Waals surface area contributed by atoms with E-state index in [0.717, 1.165) is 74.9 Å². The van der Waals surface area contributed by atoms with Gasteiger partial charge in [-0.15, -0.1) is 0 Å². The van der Waals surface area contributed by atoms with E-state index in [4.69, 9.17) is 49.3 Å². The third-order valence-electron chi connectivity index (χ3n) is 24.4. The molecule has 2 atom stereocenters. The maximum absolute atomic E-state index is 12.8. The molecule has 3 aromatic heterocycles. The molecule has 1 aliphatic rings. The maximum Gasteiger partial charge on any atom is 0.416 e. The zero-order valence-electron chi connectivity index (χ0n) is 74.9. The van der Waals surface area contributed by atoms with Gasteiger partial charge >= 0.3 is 6.18 Å². The standard InChI is InChI=1S/C25H20N2O.C22H20N2.C18H20N2O2.C16H17F3N2.3C12H9N/c26-19-10-12-21-23(14-19)28-24-15-20(27)11-13-22(24)25(21)18-8-6-17(7-9-18)16-4-2-1-3-5-16;1-14(15-2-4-19-12-21(23)8-6-17(19)10-15)16-3-5-20-13-22(24)9-7-18(20)11-16;1-13(16-5-3-15(4-6-16)11-22-12-19)17-7-9-18(10-8-17)20-14(2)21;1-9-3-5-14(20)12(7-9)10(2)13-8-11(16(17,18)19)4-6-15(13)21;3*1-3-7-11-9(5-1)10-6-2-4-8-12(10)13-11/h1-15,25H,26-27H2;2-14H,23-24H2,1H3;3-10,12-13,19H,11H2,1-2H3,(H,20,21);3-8,10H,20-21H2,1-2H3;3*1-8,13H. The van der Waals surface area contributed by atoms with Gasteiger partial charge in [0.15, 0.2) is 6.40 Å². The zero-order chi connectivity index (χ0) is 93.5. The number of hydrogen-bond acceptors (Lipinski definition) is 10. The molecule has 14 nitrogen and oxygen atoms in total. The number of amides is 1. The van der Waals surface area contributed by atoms with Crippen LogP contribution in [0.1, 0.15) is 118 Å². The van der Waals surface area contributed by atoms with E-state index in [1.54, 1.807) is 13.0 Å². The number of anilines is 7. The van der Waals surface area contributed by atoms with Crippen molar-refractivity contribution in [3.05, 3.63) is 461 Å². The van der Waals surface area contributed by atoms with E-state index < -0.39 is 11.7 Å². The van der Waals surface area contributed by atoms with E-state index >= 15 is 0 Å². The number of halogens is 3. The van der Waals surface area contributed by atoms with Gasteiger partial charge in [-0.3, -0.25) is 10.2 Å². The number of carbonyl (C=O) groups excluding carboxylic acids is 1. The van der Waals surface area contributed by atoms with Crippen LogP contribution in [0.3, 0.4) is 0 Å². The largest absolute Gasteiger partial charge is 0.479 e. The van der Waals surface area contributed by atoms with Crippen molar-refractivity contribution in [1.82, 2.24) is 15.0 Å². The number of alkyl halides is 3. The molecule has 18 aromatic carbocycles. The van der Waals surface area contributed by atoms with Crippen molar-refractivity contribution in [3.63, 3.8) is 0 Å². The quantitative estimate of drug-likeness (QED) is 0.0315. The Kier molecular flexibility index (Phi) is 27.6. The van der Waals surface area contributed by atoms with Crippen LogP contribution < -0.4 is 44.5 Å². The third-order valence-corrected chi connectivity index (χ3v) is 24.4. The highest BCUT2D eigenvalue weighted by atomic mass is 19.4. The van der Waals surface area contributed by atoms with E-state index in [2.05, 4.69) is 301 Å². The number of carbonyl (C=O) groups is 1. The Balaban J connectivity index is 0.000000116. The minimum Gasteiger partial charge on any atom is -0.479 e. The van der Waals surface area contributed by atoms with E-state index in [1.807, 2.05) is 110 Å². The van der Waals surface area contributed by atoms with Gasteiger partial charge in [0.05, 0.1) is 5.56 Å². The predicted molar refractivity (Wildman–Crippen MR) is 553 cm³/mol. The summed E-state index contributed by atoms with van der Waals surface area (Å²) in [6.07, 6.45) is -3.44. The third kappa shape index (κ3) is 21.4. The first kappa shape index (κ1) is 90.6. The minimum atomic E-state index is -4.39. The van der Waals surface area contributed by atoms with E-state index in [-0.39, 0.29) is 23.7 Å². The number of aromatic amines is 3. The molecule has 0 radical (unpaired) electrons. The molecule has 22 rings (SSSR count). The number of benzene rings is 18. The van der Waals surface area contributed by atoms with E-state index in [1.165, 1.54) is 139 Å². The van der Waals surface area contributed by atoms with Crippen LogP contribution in [-0.4, -0.2) is 27.3 Å². The van der Waals surface area contributed by atoms with Gasteiger partial charge in [0.2, 0.25) is 5.91 Å². The van der Waals surface area contributed by atoms with Crippen molar-refractivity contribution in [2.45, 2.75) is 71.1 Å². The van der Waals surface area contributed by atoms with Crippen LogP contribution in [-0.2, 0) is 22.3 Å². The molecule has 0 saturated heterocycles. The highest BCUT2D eigenvalue weighted by Crippen LogP contribution is 2.49. The van der Waals surface area contributed by atoms with Gasteiger partial charge in [0, 0.05) is 159 Å². The van der Waals surface area contributed by atoms with Crippen LogP contribution in [0.4, 0.5) is 53.0 Å². The van der Waals surface area contributed by atoms with Crippen LogP contribution in [0, 0.1) is 12.3 Å². The molecular formula is C117H104F3N11O3. The maximum atomic E-state index is 12.8. The van der Waals surface area contributed by atoms with Gasteiger partial charge in [-0.1, -0.05) is 299 Å². The monoisotopic (exact) mass is 1770 g/mol. The summed E-state index contributed by atoms with van der Waals surface area (Å²) in [4.78, 5) is 21.2. The molecule has 0 saturated carbocycles. The van der Waals surface area contributed by atoms with Crippen LogP contribution >= 0.6 is 0 Å². The molecule has 1 amide bonds. The van der Waals surface area contributed by atoms with Crippen molar-refractivity contribution in [2.24, 2.45) is 0 Å². The lowest BCUT2D eigenvalue weighted by atomic mass is 9.82. The molecular weight excluding hydrogens is 1660 g/mol. The first-order valence-electron chi connectivity index (χ1n) is 44.4. The van der Waals surface area contributed by atoms with Crippen LogP contribution in [0.5, 0.6) is 11.5 Å². The van der Waals surface area contributed by atoms with Crippen LogP contribution in [0.15, 0.2) is 394 Å². The minimum absolute atomic E-state index is 0.0662. The summed E-state index contributed by atoms with van der Waals surface area (Å²) in [6.45, 7) is 10.0. The molecule has 17 N–H and O–H groups in total. The van der Waals surface area contributed by atoms with Crippen LogP contribution in [0.2, 0.25) is 0 Å². The number of fused-ring (bicyclic) bond motifs is 13. The van der Waals surface area contributed by atoms with Crippen molar-refractivity contribution in [3.8, 4) is 22.6 Å². The van der Waals surface area contributed by atoms with E-state index in [9.17, 15) is 18.0 Å². The molecule has 0 fully saturated rings. The molecule has 17 heteroatoms. The Morgan fingerprint density at radius 2 is 0.746 bits per heavy atom. The summed E-state index contributed by atoms with van der Waals surface area (Å²) in [5, 5.41) is 22.3. The molecule has 134 heavy (non-hydrogen) atoms. The van der Waals surface area contributed by atoms with Gasteiger partial charge in [-0.05, 0) is 193 Å². The second-order valence-corrected chi connectivity index (χ2v) is 33.6. The van der Waals surface area contributed by atoms with Crippen molar-refractivity contribution in [2.75, 3.05) is 39.7 Å². The molecule has 4 heterocycles.